The molecule has 0 aromatic carbocycles. The Kier molecular flexibility index (Phi) is 4.94. The van der Waals surface area contributed by atoms with Gasteiger partial charge in [0.1, 0.15) is 4.90 Å². The predicted molar refractivity (Wildman–Crippen MR) is 94.5 cm³/mol. The number of nitrogens with one attached hydrogen (secondary N) is 1. The van der Waals surface area contributed by atoms with Gasteiger partial charge in [0.05, 0.1) is 11.4 Å². The molecule has 140 valence electrons. The van der Waals surface area contributed by atoms with Gasteiger partial charge in [-0.05, 0) is 38.5 Å². The molecule has 1 saturated heterocycles. The SMILES string of the molecule is Cc1n[nH]c(C)c1S(=O)(=O)N1CCC(=O)N(CC2CC2)C(C(C)C)C1. The van der Waals surface area contributed by atoms with Gasteiger partial charge in [-0.2, -0.15) is 9.40 Å². The third kappa shape index (κ3) is 3.60. The number of carbonyl (C=O) groups excluding carboxylic acids is 1. The van der Waals surface area contributed by atoms with E-state index >= 15 is 0 Å². The molecule has 1 aliphatic heterocycles. The molecule has 1 amide bonds. The van der Waals surface area contributed by atoms with Crippen molar-refractivity contribution < 1.29 is 13.2 Å². The van der Waals surface area contributed by atoms with Gasteiger partial charge in [0.2, 0.25) is 15.9 Å². The fourth-order valence-electron chi connectivity index (χ4n) is 3.60. The summed E-state index contributed by atoms with van der Waals surface area (Å²) in [5, 5.41) is 6.77. The van der Waals surface area contributed by atoms with E-state index in [1.54, 1.807) is 13.8 Å². The lowest BCUT2D eigenvalue weighted by Crippen LogP contribution is -2.48. The van der Waals surface area contributed by atoms with Crippen molar-refractivity contribution in [1.29, 1.82) is 0 Å². The molecule has 2 aliphatic rings. The highest BCUT2D eigenvalue weighted by Gasteiger charge is 2.40. The van der Waals surface area contributed by atoms with Crippen LogP contribution >= 0.6 is 0 Å². The van der Waals surface area contributed by atoms with Gasteiger partial charge >= 0.3 is 0 Å². The molecular weight excluding hydrogens is 340 g/mol. The molecule has 1 unspecified atom stereocenters. The number of aryl methyl sites for hydroxylation is 2. The summed E-state index contributed by atoms with van der Waals surface area (Å²) in [5.41, 5.74) is 1.02. The fourth-order valence-corrected chi connectivity index (χ4v) is 5.39. The minimum Gasteiger partial charge on any atom is -0.338 e. The molecule has 1 N–H and O–H groups in total. The van der Waals surface area contributed by atoms with E-state index in [0.717, 1.165) is 6.54 Å². The number of amides is 1. The van der Waals surface area contributed by atoms with Crippen LogP contribution in [0.5, 0.6) is 0 Å². The Morgan fingerprint density at radius 1 is 1.28 bits per heavy atom. The number of sulfonamides is 1. The monoisotopic (exact) mass is 368 g/mol. The van der Waals surface area contributed by atoms with Crippen LogP contribution in [-0.4, -0.2) is 59.4 Å². The summed E-state index contributed by atoms with van der Waals surface area (Å²) in [6.45, 7) is 8.87. The first-order chi connectivity index (χ1) is 11.7. The van der Waals surface area contributed by atoms with Gasteiger partial charge in [-0.15, -0.1) is 0 Å². The molecule has 0 radical (unpaired) electrons. The van der Waals surface area contributed by atoms with Gasteiger partial charge in [0, 0.05) is 32.1 Å². The molecule has 2 fully saturated rings. The minimum atomic E-state index is -3.67. The number of rotatable bonds is 5. The van der Waals surface area contributed by atoms with E-state index in [9.17, 15) is 13.2 Å². The quantitative estimate of drug-likeness (QED) is 0.857. The summed E-state index contributed by atoms with van der Waals surface area (Å²) in [6, 6.07) is -0.0853. The van der Waals surface area contributed by atoms with Gasteiger partial charge in [-0.1, -0.05) is 13.8 Å². The summed E-state index contributed by atoms with van der Waals surface area (Å²) in [5.74, 6) is 0.862. The van der Waals surface area contributed by atoms with Crippen molar-refractivity contribution in [1.82, 2.24) is 19.4 Å². The molecule has 3 rings (SSSR count). The van der Waals surface area contributed by atoms with Crippen molar-refractivity contribution in [2.24, 2.45) is 11.8 Å². The molecule has 7 nitrogen and oxygen atoms in total. The molecule has 1 aliphatic carbocycles. The highest BCUT2D eigenvalue weighted by Crippen LogP contribution is 2.33. The van der Waals surface area contributed by atoms with Crippen molar-refractivity contribution >= 4 is 15.9 Å². The van der Waals surface area contributed by atoms with Crippen LogP contribution < -0.4 is 0 Å². The number of H-pyrrole nitrogens is 1. The average Bonchev–Trinajstić information content (AvgIpc) is 3.29. The number of hydrogen-bond acceptors (Lipinski definition) is 4. The molecule has 2 heterocycles. The van der Waals surface area contributed by atoms with Gasteiger partial charge in [-0.3, -0.25) is 9.89 Å². The molecular formula is C17H28N4O3S. The summed E-state index contributed by atoms with van der Waals surface area (Å²) in [7, 11) is -3.67. The van der Waals surface area contributed by atoms with Crippen molar-refractivity contribution in [3.63, 3.8) is 0 Å². The normalized spacial score (nSPS) is 23.3. The van der Waals surface area contributed by atoms with E-state index in [0.29, 0.717) is 23.9 Å². The maximum absolute atomic E-state index is 13.2. The molecule has 1 saturated carbocycles. The van der Waals surface area contributed by atoms with Gasteiger partial charge in [0.15, 0.2) is 0 Å². The number of nitrogens with zero attached hydrogens (tertiary/aromatic N) is 3. The first-order valence-corrected chi connectivity index (χ1v) is 10.5. The zero-order chi connectivity index (χ0) is 18.4. The largest absolute Gasteiger partial charge is 0.338 e. The lowest BCUT2D eigenvalue weighted by Gasteiger charge is -2.34. The van der Waals surface area contributed by atoms with Crippen LogP contribution in [-0.2, 0) is 14.8 Å². The maximum atomic E-state index is 13.2. The fraction of sp³-hybridized carbons (Fsp3) is 0.765. The van der Waals surface area contributed by atoms with E-state index in [1.807, 2.05) is 4.90 Å². The highest BCUT2D eigenvalue weighted by atomic mass is 32.2. The number of hydrogen-bond donors (Lipinski definition) is 1. The van der Waals surface area contributed by atoms with Crippen molar-refractivity contribution in [3.8, 4) is 0 Å². The molecule has 25 heavy (non-hydrogen) atoms. The van der Waals surface area contributed by atoms with E-state index < -0.39 is 10.0 Å². The van der Waals surface area contributed by atoms with Crippen LogP contribution in [0.15, 0.2) is 4.90 Å². The van der Waals surface area contributed by atoms with E-state index in [4.69, 9.17) is 0 Å². The van der Waals surface area contributed by atoms with Crippen LogP contribution in [0.25, 0.3) is 0 Å². The maximum Gasteiger partial charge on any atom is 0.246 e. The Hall–Kier alpha value is -1.41. The molecule has 1 atom stereocenters. The minimum absolute atomic E-state index is 0.0731. The molecule has 8 heteroatoms. The van der Waals surface area contributed by atoms with E-state index in [1.165, 1.54) is 17.1 Å². The number of aromatic nitrogens is 2. The number of aromatic amines is 1. The molecule has 0 spiro atoms. The Morgan fingerprint density at radius 3 is 2.48 bits per heavy atom. The van der Waals surface area contributed by atoms with E-state index in [-0.39, 0.29) is 35.7 Å². The first kappa shape index (κ1) is 18.4. The second kappa shape index (κ2) is 6.72. The number of carbonyl (C=O) groups is 1. The smallest absolute Gasteiger partial charge is 0.246 e. The zero-order valence-corrected chi connectivity index (χ0v) is 16.3. The van der Waals surface area contributed by atoms with E-state index in [2.05, 4.69) is 24.0 Å². The van der Waals surface area contributed by atoms with Crippen molar-refractivity contribution in [2.75, 3.05) is 19.6 Å². The molecule has 1 aromatic heterocycles. The van der Waals surface area contributed by atoms with Crippen LogP contribution in [0.3, 0.4) is 0 Å². The Balaban J connectivity index is 1.91. The average molecular weight is 369 g/mol. The van der Waals surface area contributed by atoms with Crippen molar-refractivity contribution in [3.05, 3.63) is 11.4 Å². The molecule has 1 aromatic rings. The summed E-state index contributed by atoms with van der Waals surface area (Å²) < 4.78 is 27.9. The van der Waals surface area contributed by atoms with Crippen LogP contribution in [0.2, 0.25) is 0 Å². The second-order valence-corrected chi connectivity index (χ2v) is 9.55. The Bertz CT molecular complexity index is 732. The standard InChI is InChI=1S/C17H28N4O3S/c1-11(2)15-10-20(8-7-16(22)21(15)9-14-5-6-14)25(23,24)17-12(3)18-19-13(17)4/h11,14-15H,5-10H2,1-4H3,(H,18,19). The summed E-state index contributed by atoms with van der Waals surface area (Å²) >= 11 is 0. The van der Waals surface area contributed by atoms with Gasteiger partial charge in [-0.25, -0.2) is 8.42 Å². The topological polar surface area (TPSA) is 86.4 Å². The zero-order valence-electron chi connectivity index (χ0n) is 15.4. The summed E-state index contributed by atoms with van der Waals surface area (Å²) in [6.07, 6.45) is 2.58. The second-order valence-electron chi connectivity index (χ2n) is 7.68. The van der Waals surface area contributed by atoms with Gasteiger partial charge < -0.3 is 4.90 Å². The predicted octanol–water partition coefficient (Wildman–Crippen LogP) is 1.68. The third-order valence-corrected chi connectivity index (χ3v) is 7.40. The van der Waals surface area contributed by atoms with Gasteiger partial charge in [0.25, 0.3) is 0 Å². The Morgan fingerprint density at radius 2 is 1.96 bits per heavy atom. The van der Waals surface area contributed by atoms with Crippen molar-refractivity contribution in [2.45, 2.75) is 57.9 Å². The lowest BCUT2D eigenvalue weighted by atomic mass is 10.0. The third-order valence-electron chi connectivity index (χ3n) is 5.27. The lowest BCUT2D eigenvalue weighted by molar-refractivity contribution is -0.133. The van der Waals surface area contributed by atoms with Crippen LogP contribution in [0.4, 0.5) is 0 Å². The first-order valence-electron chi connectivity index (χ1n) is 9.03. The molecule has 0 bridgehead atoms. The highest BCUT2D eigenvalue weighted by molar-refractivity contribution is 7.89. The summed E-state index contributed by atoms with van der Waals surface area (Å²) in [4.78, 5) is 14.9. The Labute approximate surface area is 149 Å². The van der Waals surface area contributed by atoms with Crippen LogP contribution in [0, 0.1) is 25.7 Å². The van der Waals surface area contributed by atoms with Crippen LogP contribution in [0.1, 0.15) is 44.5 Å².